The molecule has 1 aliphatic carbocycles. The van der Waals surface area contributed by atoms with E-state index in [9.17, 15) is 9.59 Å². The molecule has 1 fully saturated rings. The van der Waals surface area contributed by atoms with Crippen molar-refractivity contribution in [3.8, 4) is 0 Å². The molecular formula is C12H21NO2. The molecule has 0 heterocycles. The second-order valence-electron chi connectivity index (χ2n) is 4.53. The van der Waals surface area contributed by atoms with E-state index >= 15 is 0 Å². The highest BCUT2D eigenvalue weighted by Crippen LogP contribution is 2.37. The van der Waals surface area contributed by atoms with E-state index < -0.39 is 11.3 Å². The minimum absolute atomic E-state index is 0.0809. The predicted octanol–water partition coefficient (Wildman–Crippen LogP) is 2.18. The van der Waals surface area contributed by atoms with Crippen LogP contribution in [0.3, 0.4) is 0 Å². The highest BCUT2D eigenvalue weighted by Gasteiger charge is 2.44. The Kier molecular flexibility index (Phi) is 4.30. The zero-order chi connectivity index (χ0) is 11.3. The van der Waals surface area contributed by atoms with Crippen LogP contribution in [0.15, 0.2) is 0 Å². The molecule has 0 aromatic heterocycles. The van der Waals surface area contributed by atoms with E-state index in [0.29, 0.717) is 19.3 Å². The van der Waals surface area contributed by atoms with E-state index in [0.717, 1.165) is 32.1 Å². The van der Waals surface area contributed by atoms with Gasteiger partial charge in [0.15, 0.2) is 0 Å². The molecular weight excluding hydrogens is 190 g/mol. The number of nitrogens with two attached hydrogens (primary N) is 1. The molecule has 0 aliphatic heterocycles. The average Bonchev–Trinajstić information content (AvgIpc) is 2.21. The summed E-state index contributed by atoms with van der Waals surface area (Å²) in [5.74, 6) is -0.319. The average molecular weight is 211 g/mol. The minimum atomic E-state index is -0.812. The fraction of sp³-hybridized carbons (Fsp3) is 0.833. The van der Waals surface area contributed by atoms with Crippen LogP contribution in [0, 0.1) is 5.41 Å². The zero-order valence-electron chi connectivity index (χ0n) is 9.55. The molecule has 2 N–H and O–H groups in total. The lowest BCUT2D eigenvalue weighted by atomic mass is 9.69. The standard InChI is InChI=1S/C12H21NO2/c1-2-3-5-8-12(11(13)15)9-6-4-7-10(12)14/h2-9H2,1H3,(H2,13,15). The molecule has 0 bridgehead atoms. The van der Waals surface area contributed by atoms with Crippen LogP contribution in [0.5, 0.6) is 0 Å². The fourth-order valence-corrected chi connectivity index (χ4v) is 2.42. The van der Waals surface area contributed by atoms with Crippen molar-refractivity contribution in [1.29, 1.82) is 0 Å². The number of primary amides is 1. The van der Waals surface area contributed by atoms with Gasteiger partial charge in [-0.25, -0.2) is 0 Å². The summed E-state index contributed by atoms with van der Waals surface area (Å²) in [6.07, 6.45) is 6.86. The smallest absolute Gasteiger partial charge is 0.231 e. The van der Waals surface area contributed by atoms with E-state index in [1.165, 1.54) is 0 Å². The summed E-state index contributed by atoms with van der Waals surface area (Å²) in [5.41, 5.74) is 4.60. The number of carbonyl (C=O) groups is 2. The molecule has 0 aromatic rings. The molecule has 3 heteroatoms. The Hall–Kier alpha value is -0.860. The monoisotopic (exact) mass is 211 g/mol. The van der Waals surface area contributed by atoms with E-state index in [4.69, 9.17) is 5.73 Å². The largest absolute Gasteiger partial charge is 0.369 e. The molecule has 0 aromatic carbocycles. The first-order valence-electron chi connectivity index (χ1n) is 5.96. The maximum atomic E-state index is 11.9. The van der Waals surface area contributed by atoms with E-state index in [1.54, 1.807) is 0 Å². The van der Waals surface area contributed by atoms with Gasteiger partial charge in [0, 0.05) is 6.42 Å². The van der Waals surface area contributed by atoms with Gasteiger partial charge in [-0.3, -0.25) is 9.59 Å². The van der Waals surface area contributed by atoms with Gasteiger partial charge < -0.3 is 5.73 Å². The summed E-state index contributed by atoms with van der Waals surface area (Å²) in [4.78, 5) is 23.3. The maximum absolute atomic E-state index is 11.9. The second-order valence-corrected chi connectivity index (χ2v) is 4.53. The molecule has 1 saturated carbocycles. The molecule has 3 nitrogen and oxygen atoms in total. The van der Waals surface area contributed by atoms with Crippen LogP contribution in [0.1, 0.15) is 58.3 Å². The Bertz CT molecular complexity index is 250. The van der Waals surface area contributed by atoms with Crippen molar-refractivity contribution >= 4 is 11.7 Å². The summed E-state index contributed by atoms with van der Waals surface area (Å²) in [6, 6.07) is 0. The van der Waals surface area contributed by atoms with Crippen LogP contribution in [0.4, 0.5) is 0 Å². The molecule has 1 rings (SSSR count). The molecule has 0 radical (unpaired) electrons. The molecule has 1 unspecified atom stereocenters. The summed E-state index contributed by atoms with van der Waals surface area (Å²) >= 11 is 0. The number of Topliss-reactive ketones (excluding diaryl/α,β-unsaturated/α-hetero) is 1. The number of unbranched alkanes of at least 4 members (excludes halogenated alkanes) is 2. The third kappa shape index (κ3) is 2.58. The van der Waals surface area contributed by atoms with Crippen LogP contribution in [0.25, 0.3) is 0 Å². The van der Waals surface area contributed by atoms with E-state index in [1.807, 2.05) is 0 Å². The van der Waals surface area contributed by atoms with Gasteiger partial charge in [0.1, 0.15) is 11.2 Å². The molecule has 0 spiro atoms. The van der Waals surface area contributed by atoms with Crippen molar-refractivity contribution in [3.05, 3.63) is 0 Å². The number of carbonyl (C=O) groups excluding carboxylic acids is 2. The Morgan fingerprint density at radius 3 is 2.67 bits per heavy atom. The Morgan fingerprint density at radius 2 is 2.13 bits per heavy atom. The SMILES string of the molecule is CCCCCC1(C(N)=O)CCCCC1=O. The van der Waals surface area contributed by atoms with Gasteiger partial charge in [0.2, 0.25) is 5.91 Å². The fourth-order valence-electron chi connectivity index (χ4n) is 2.42. The first-order chi connectivity index (χ1) is 7.13. The van der Waals surface area contributed by atoms with Crippen LogP contribution in [-0.4, -0.2) is 11.7 Å². The lowest BCUT2D eigenvalue weighted by Gasteiger charge is -2.32. The van der Waals surface area contributed by atoms with Crippen molar-refractivity contribution < 1.29 is 9.59 Å². The summed E-state index contributed by atoms with van der Waals surface area (Å²) in [7, 11) is 0. The first kappa shape index (κ1) is 12.2. The van der Waals surface area contributed by atoms with Crippen molar-refractivity contribution in [2.75, 3.05) is 0 Å². The van der Waals surface area contributed by atoms with Gasteiger partial charge in [0.05, 0.1) is 0 Å². The number of ketones is 1. The Balaban J connectivity index is 2.68. The molecule has 1 atom stereocenters. The topological polar surface area (TPSA) is 60.2 Å². The number of rotatable bonds is 5. The third-order valence-electron chi connectivity index (χ3n) is 3.47. The molecule has 1 aliphatic rings. The first-order valence-corrected chi connectivity index (χ1v) is 5.96. The van der Waals surface area contributed by atoms with Gasteiger partial charge in [-0.1, -0.05) is 32.6 Å². The summed E-state index contributed by atoms with van der Waals surface area (Å²) in [6.45, 7) is 2.11. The van der Waals surface area contributed by atoms with Gasteiger partial charge in [0.25, 0.3) is 0 Å². The van der Waals surface area contributed by atoms with Gasteiger partial charge in [-0.05, 0) is 19.3 Å². The number of hydrogen-bond donors (Lipinski definition) is 1. The van der Waals surface area contributed by atoms with Crippen molar-refractivity contribution in [2.45, 2.75) is 58.3 Å². The molecule has 15 heavy (non-hydrogen) atoms. The maximum Gasteiger partial charge on any atom is 0.231 e. The van der Waals surface area contributed by atoms with E-state index in [-0.39, 0.29) is 5.78 Å². The quantitative estimate of drug-likeness (QED) is 0.559. The summed E-state index contributed by atoms with van der Waals surface area (Å²) in [5, 5.41) is 0. The zero-order valence-corrected chi connectivity index (χ0v) is 9.55. The van der Waals surface area contributed by atoms with Crippen LogP contribution in [-0.2, 0) is 9.59 Å². The lowest BCUT2D eigenvalue weighted by Crippen LogP contribution is -2.45. The third-order valence-corrected chi connectivity index (χ3v) is 3.47. The predicted molar refractivity (Wildman–Crippen MR) is 59.2 cm³/mol. The number of amides is 1. The molecule has 1 amide bonds. The van der Waals surface area contributed by atoms with Crippen LogP contribution < -0.4 is 5.73 Å². The Labute approximate surface area is 91.4 Å². The second kappa shape index (κ2) is 5.29. The van der Waals surface area contributed by atoms with Crippen LogP contribution in [0.2, 0.25) is 0 Å². The molecule has 0 saturated heterocycles. The lowest BCUT2D eigenvalue weighted by molar-refractivity contribution is -0.143. The van der Waals surface area contributed by atoms with Crippen molar-refractivity contribution in [2.24, 2.45) is 11.1 Å². The van der Waals surface area contributed by atoms with Crippen molar-refractivity contribution in [1.82, 2.24) is 0 Å². The van der Waals surface area contributed by atoms with Gasteiger partial charge in [-0.15, -0.1) is 0 Å². The Morgan fingerprint density at radius 1 is 1.40 bits per heavy atom. The van der Waals surface area contributed by atoms with E-state index in [2.05, 4.69) is 6.92 Å². The minimum Gasteiger partial charge on any atom is -0.369 e. The number of hydrogen-bond acceptors (Lipinski definition) is 2. The van der Waals surface area contributed by atoms with Gasteiger partial charge in [-0.2, -0.15) is 0 Å². The highest BCUT2D eigenvalue weighted by molar-refractivity contribution is 6.05. The van der Waals surface area contributed by atoms with Gasteiger partial charge >= 0.3 is 0 Å². The van der Waals surface area contributed by atoms with Crippen LogP contribution >= 0.6 is 0 Å². The summed E-state index contributed by atoms with van der Waals surface area (Å²) < 4.78 is 0. The normalized spacial score (nSPS) is 26.6. The highest BCUT2D eigenvalue weighted by atomic mass is 16.2. The van der Waals surface area contributed by atoms with Crippen molar-refractivity contribution in [3.63, 3.8) is 0 Å². The molecule has 86 valence electrons.